The monoisotopic (exact) mass is 489 g/mol. The van der Waals surface area contributed by atoms with Crippen LogP contribution < -0.4 is 4.74 Å². The maximum atomic E-state index is 13.2. The lowest BCUT2D eigenvalue weighted by atomic mass is 10.1. The molecule has 3 aromatic rings. The van der Waals surface area contributed by atoms with E-state index in [1.54, 1.807) is 0 Å². The molecule has 0 saturated carbocycles. The Labute approximate surface area is 194 Å². The molecule has 2 heterocycles. The van der Waals surface area contributed by atoms with Gasteiger partial charge in [0.15, 0.2) is 5.75 Å². The van der Waals surface area contributed by atoms with E-state index in [2.05, 4.69) is 10.2 Å². The van der Waals surface area contributed by atoms with Crippen molar-refractivity contribution in [1.82, 2.24) is 19.4 Å². The number of hydrogen-bond acceptors (Lipinski definition) is 7. The van der Waals surface area contributed by atoms with E-state index in [0.717, 1.165) is 6.07 Å². The first-order chi connectivity index (χ1) is 16.2. The Morgan fingerprint density at radius 2 is 1.82 bits per heavy atom. The molecule has 178 valence electrons. The minimum Gasteiger partial charge on any atom is -0.490 e. The first-order valence-corrected chi connectivity index (χ1v) is 11.6. The summed E-state index contributed by atoms with van der Waals surface area (Å²) < 4.78 is 45.4. The van der Waals surface area contributed by atoms with Crippen LogP contribution in [0.3, 0.4) is 0 Å². The van der Waals surface area contributed by atoms with Gasteiger partial charge in [-0.15, -0.1) is 0 Å². The molecule has 0 aliphatic carbocycles. The van der Waals surface area contributed by atoms with E-state index in [4.69, 9.17) is 4.74 Å². The number of methoxy groups -OCH3 is 1. The fourth-order valence-corrected chi connectivity index (χ4v) is 5.15. The second-order valence-electron chi connectivity index (χ2n) is 7.45. The highest BCUT2D eigenvalue weighted by atomic mass is 32.2. The average Bonchev–Trinajstić information content (AvgIpc) is 3.33. The number of benzene rings is 2. The quantitative estimate of drug-likeness (QED) is 0.414. The summed E-state index contributed by atoms with van der Waals surface area (Å²) in [7, 11) is -2.76. The molecule has 11 nitrogen and oxygen atoms in total. The van der Waals surface area contributed by atoms with Crippen molar-refractivity contribution in [3.8, 4) is 17.0 Å². The van der Waals surface area contributed by atoms with Crippen molar-refractivity contribution in [3.63, 3.8) is 0 Å². The molecule has 1 aliphatic heterocycles. The summed E-state index contributed by atoms with van der Waals surface area (Å²) in [5.74, 6) is -0.794. The first-order valence-electron chi connectivity index (χ1n) is 10.1. The van der Waals surface area contributed by atoms with Crippen molar-refractivity contribution in [2.45, 2.75) is 4.90 Å². The zero-order chi connectivity index (χ0) is 24.5. The smallest absolute Gasteiger partial charge is 0.312 e. The normalized spacial score (nSPS) is 14.7. The summed E-state index contributed by atoms with van der Waals surface area (Å²) in [6, 6.07) is 9.05. The van der Waals surface area contributed by atoms with Gasteiger partial charge >= 0.3 is 5.69 Å². The van der Waals surface area contributed by atoms with Crippen molar-refractivity contribution >= 4 is 21.6 Å². The number of H-pyrrole nitrogens is 1. The molecule has 1 fully saturated rings. The number of nitrogens with one attached hydrogen (secondary N) is 1. The first kappa shape index (κ1) is 23.3. The van der Waals surface area contributed by atoms with Gasteiger partial charge < -0.3 is 9.64 Å². The second kappa shape index (κ2) is 9.19. The molecule has 0 bridgehead atoms. The van der Waals surface area contributed by atoms with Crippen LogP contribution in [0.15, 0.2) is 53.6 Å². The molecule has 0 radical (unpaired) electrons. The van der Waals surface area contributed by atoms with Crippen molar-refractivity contribution in [2.75, 3.05) is 33.3 Å². The Morgan fingerprint density at radius 1 is 1.15 bits per heavy atom. The van der Waals surface area contributed by atoms with Crippen LogP contribution in [0, 0.1) is 15.9 Å². The number of ether oxygens (including phenoxy) is 1. The van der Waals surface area contributed by atoms with Crippen molar-refractivity contribution in [1.29, 1.82) is 0 Å². The zero-order valence-electron chi connectivity index (χ0n) is 18.0. The summed E-state index contributed by atoms with van der Waals surface area (Å²) in [6.45, 7) is 0.254. The maximum Gasteiger partial charge on any atom is 0.312 e. The van der Waals surface area contributed by atoms with Crippen LogP contribution in [-0.2, 0) is 10.0 Å². The third-order valence-electron chi connectivity index (χ3n) is 5.51. The largest absolute Gasteiger partial charge is 0.490 e. The topological polar surface area (TPSA) is 139 Å². The van der Waals surface area contributed by atoms with E-state index in [1.165, 1.54) is 58.9 Å². The zero-order valence-corrected chi connectivity index (χ0v) is 18.8. The molecular formula is C21H20FN5O6S. The van der Waals surface area contributed by atoms with E-state index in [-0.39, 0.29) is 48.3 Å². The van der Waals surface area contributed by atoms with Gasteiger partial charge in [0.2, 0.25) is 10.0 Å². The van der Waals surface area contributed by atoms with Crippen LogP contribution in [-0.4, -0.2) is 71.9 Å². The number of amides is 1. The molecule has 1 aromatic heterocycles. The number of hydrogen-bond donors (Lipinski definition) is 1. The second-order valence-corrected chi connectivity index (χ2v) is 9.39. The van der Waals surface area contributed by atoms with Crippen LogP contribution in [0.4, 0.5) is 10.1 Å². The number of carbonyl (C=O) groups is 1. The molecule has 1 aliphatic rings. The van der Waals surface area contributed by atoms with Gasteiger partial charge in [-0.05, 0) is 36.4 Å². The number of aromatic amines is 1. The number of nitrogens with zero attached hydrogens (tertiary/aromatic N) is 4. The number of carbonyl (C=O) groups excluding carboxylic acids is 1. The van der Waals surface area contributed by atoms with Gasteiger partial charge in [0.1, 0.15) is 5.82 Å². The molecular weight excluding hydrogens is 469 g/mol. The van der Waals surface area contributed by atoms with Crippen molar-refractivity contribution < 1.29 is 27.3 Å². The molecule has 0 unspecified atom stereocenters. The number of aromatic nitrogens is 2. The van der Waals surface area contributed by atoms with Gasteiger partial charge in [-0.3, -0.25) is 20.0 Å². The van der Waals surface area contributed by atoms with Gasteiger partial charge in [0.05, 0.1) is 34.4 Å². The highest BCUT2D eigenvalue weighted by molar-refractivity contribution is 7.89. The minimum atomic E-state index is -4.02. The van der Waals surface area contributed by atoms with Gasteiger partial charge in [-0.2, -0.15) is 9.40 Å². The number of nitro groups is 1. The Morgan fingerprint density at radius 3 is 2.44 bits per heavy atom. The van der Waals surface area contributed by atoms with Crippen LogP contribution >= 0.6 is 0 Å². The Balaban J connectivity index is 1.49. The number of nitro benzene ring substituents is 1. The molecule has 4 rings (SSSR count). The lowest BCUT2D eigenvalue weighted by Gasteiger charge is -2.34. The summed E-state index contributed by atoms with van der Waals surface area (Å²) in [4.78, 5) is 24.9. The predicted molar refractivity (Wildman–Crippen MR) is 118 cm³/mol. The van der Waals surface area contributed by atoms with Crippen LogP contribution in [0.5, 0.6) is 5.75 Å². The van der Waals surface area contributed by atoms with Gasteiger partial charge in [-0.25, -0.2) is 12.8 Å². The van der Waals surface area contributed by atoms with Gasteiger partial charge in [0.25, 0.3) is 5.91 Å². The summed E-state index contributed by atoms with van der Waals surface area (Å²) in [6.07, 6.45) is 1.38. The number of sulfonamides is 1. The van der Waals surface area contributed by atoms with E-state index >= 15 is 0 Å². The number of piperazine rings is 1. The highest BCUT2D eigenvalue weighted by Gasteiger charge is 2.33. The molecule has 0 atom stereocenters. The molecule has 2 aromatic carbocycles. The fraction of sp³-hybridized carbons (Fsp3) is 0.238. The van der Waals surface area contributed by atoms with Gasteiger partial charge in [0, 0.05) is 37.8 Å². The van der Waals surface area contributed by atoms with Crippen LogP contribution in [0.2, 0.25) is 0 Å². The fourth-order valence-electron chi connectivity index (χ4n) is 3.71. The van der Waals surface area contributed by atoms with Crippen LogP contribution in [0.1, 0.15) is 10.4 Å². The number of halogens is 1. The average molecular weight is 489 g/mol. The molecule has 1 saturated heterocycles. The highest BCUT2D eigenvalue weighted by Crippen LogP contribution is 2.31. The van der Waals surface area contributed by atoms with E-state index < -0.39 is 26.5 Å². The third-order valence-corrected chi connectivity index (χ3v) is 7.41. The van der Waals surface area contributed by atoms with E-state index in [0.29, 0.717) is 11.3 Å². The Kier molecular flexibility index (Phi) is 6.30. The Hall–Kier alpha value is -3.84. The van der Waals surface area contributed by atoms with E-state index in [1.807, 2.05) is 0 Å². The maximum absolute atomic E-state index is 13.2. The summed E-state index contributed by atoms with van der Waals surface area (Å²) in [5, 5.41) is 17.9. The SMILES string of the molecule is COc1ccc(S(=O)(=O)N2CCN(C(=O)c3cn[nH]c3-c3ccc(F)cc3)CC2)cc1[N+](=O)[O-]. The lowest BCUT2D eigenvalue weighted by molar-refractivity contribution is -0.386. The van der Waals surface area contributed by atoms with E-state index in [9.17, 15) is 27.7 Å². The Bertz CT molecular complexity index is 1330. The van der Waals surface area contributed by atoms with Crippen LogP contribution in [0.25, 0.3) is 11.3 Å². The molecule has 0 spiro atoms. The number of rotatable bonds is 6. The predicted octanol–water partition coefficient (Wildman–Crippen LogP) is 2.28. The minimum absolute atomic E-state index is 0.0115. The molecule has 1 N–H and O–H groups in total. The lowest BCUT2D eigenvalue weighted by Crippen LogP contribution is -2.50. The summed E-state index contributed by atoms with van der Waals surface area (Å²) >= 11 is 0. The van der Waals surface area contributed by atoms with Crippen molar-refractivity contribution in [2.24, 2.45) is 0 Å². The third kappa shape index (κ3) is 4.34. The summed E-state index contributed by atoms with van der Waals surface area (Å²) in [5.41, 5.74) is 0.856. The molecule has 1 amide bonds. The standard InChI is InChI=1S/C21H20FN5O6S/c1-33-19-7-6-16(12-18(19)27(29)30)34(31,32)26-10-8-25(9-11-26)21(28)17-13-23-24-20(17)14-2-4-15(22)5-3-14/h2-7,12-13H,8-11H2,1H3,(H,23,24). The van der Waals surface area contributed by atoms with Gasteiger partial charge in [-0.1, -0.05) is 0 Å². The molecule has 13 heteroatoms. The van der Waals surface area contributed by atoms with Crippen molar-refractivity contribution in [3.05, 3.63) is 70.2 Å². The molecule has 34 heavy (non-hydrogen) atoms.